The lowest BCUT2D eigenvalue weighted by atomic mass is 9.68. The van der Waals surface area contributed by atoms with Gasteiger partial charge in [-0.1, -0.05) is 54.1 Å². The first-order chi connectivity index (χ1) is 11.8. The van der Waals surface area contributed by atoms with Gasteiger partial charge in [0.15, 0.2) is 0 Å². The number of allylic oxidation sites excluding steroid dienone is 1. The van der Waals surface area contributed by atoms with Gasteiger partial charge in [0.05, 0.1) is 6.54 Å². The number of nitrogens with one attached hydrogen (secondary N) is 1. The van der Waals surface area contributed by atoms with Gasteiger partial charge in [0.1, 0.15) is 0 Å². The third kappa shape index (κ3) is 2.81. The fraction of sp³-hybridized carbons (Fsp3) is 0.286. The molecule has 24 heavy (non-hydrogen) atoms. The van der Waals surface area contributed by atoms with Crippen LogP contribution in [0.5, 0.6) is 0 Å². The Labute approximate surface area is 148 Å². The Bertz CT molecular complexity index is 766. The van der Waals surface area contributed by atoms with Gasteiger partial charge in [0, 0.05) is 16.7 Å². The van der Waals surface area contributed by atoms with Crippen molar-refractivity contribution in [3.63, 3.8) is 0 Å². The molecule has 4 rings (SSSR count). The molecule has 0 atom stereocenters. The van der Waals surface area contributed by atoms with E-state index in [9.17, 15) is 0 Å². The van der Waals surface area contributed by atoms with Crippen LogP contribution in [0.1, 0.15) is 29.5 Å². The van der Waals surface area contributed by atoms with Gasteiger partial charge >= 0.3 is 0 Å². The SMILES string of the molecule is Clc1ccc(C2(c3ccc(C4=CCN=C4)cc3)CCNCC2)cc1. The minimum atomic E-state index is 0.0759. The zero-order chi connectivity index (χ0) is 16.4. The van der Waals surface area contributed by atoms with Crippen molar-refractivity contribution in [2.24, 2.45) is 4.99 Å². The largest absolute Gasteiger partial charge is 0.317 e. The number of aliphatic imine (C=N–C) groups is 1. The first kappa shape index (κ1) is 15.6. The third-order valence-corrected chi connectivity index (χ3v) is 5.52. The molecule has 1 fully saturated rings. The van der Waals surface area contributed by atoms with Crippen LogP contribution in [0.25, 0.3) is 5.57 Å². The Morgan fingerprint density at radius 1 is 0.875 bits per heavy atom. The highest BCUT2D eigenvalue weighted by Crippen LogP contribution is 2.40. The second kappa shape index (κ2) is 6.54. The van der Waals surface area contributed by atoms with Crippen LogP contribution in [0.15, 0.2) is 59.6 Å². The molecule has 2 aliphatic heterocycles. The van der Waals surface area contributed by atoms with E-state index >= 15 is 0 Å². The van der Waals surface area contributed by atoms with Gasteiger partial charge in [0.2, 0.25) is 0 Å². The molecule has 0 spiro atoms. The summed E-state index contributed by atoms with van der Waals surface area (Å²) < 4.78 is 0. The van der Waals surface area contributed by atoms with Crippen molar-refractivity contribution in [2.75, 3.05) is 19.6 Å². The molecule has 122 valence electrons. The maximum absolute atomic E-state index is 6.10. The van der Waals surface area contributed by atoms with E-state index in [4.69, 9.17) is 11.6 Å². The summed E-state index contributed by atoms with van der Waals surface area (Å²) in [7, 11) is 0. The summed E-state index contributed by atoms with van der Waals surface area (Å²) in [5, 5.41) is 4.29. The van der Waals surface area contributed by atoms with Gasteiger partial charge in [-0.25, -0.2) is 0 Å². The molecule has 2 aliphatic rings. The Hall–Kier alpha value is -1.90. The van der Waals surface area contributed by atoms with Gasteiger partial charge in [-0.3, -0.25) is 4.99 Å². The van der Waals surface area contributed by atoms with Gasteiger partial charge in [0.25, 0.3) is 0 Å². The molecule has 2 aromatic rings. The van der Waals surface area contributed by atoms with E-state index in [2.05, 4.69) is 52.8 Å². The maximum Gasteiger partial charge on any atom is 0.0580 e. The first-order valence-corrected chi connectivity index (χ1v) is 8.93. The van der Waals surface area contributed by atoms with Crippen molar-refractivity contribution in [1.82, 2.24) is 5.32 Å². The minimum Gasteiger partial charge on any atom is -0.317 e. The standard InChI is InChI=1S/C21H21ClN2/c22-20-7-5-19(6-8-20)21(10-13-23-14-11-21)18-3-1-16(2-4-18)17-9-12-24-15-17/h1-9,15,23H,10-14H2. The van der Waals surface area contributed by atoms with Crippen LogP contribution in [0.3, 0.4) is 0 Å². The number of hydrogen-bond donors (Lipinski definition) is 1. The Balaban J connectivity index is 1.73. The Kier molecular flexibility index (Phi) is 4.26. The summed E-state index contributed by atoms with van der Waals surface area (Å²) in [4.78, 5) is 4.28. The Morgan fingerprint density at radius 2 is 1.50 bits per heavy atom. The number of nitrogens with zero attached hydrogens (tertiary/aromatic N) is 1. The van der Waals surface area contributed by atoms with E-state index in [1.54, 1.807) is 0 Å². The topological polar surface area (TPSA) is 24.4 Å². The molecule has 0 radical (unpaired) electrons. The molecular formula is C21H21ClN2. The number of benzene rings is 2. The van der Waals surface area contributed by atoms with Gasteiger partial charge in [-0.2, -0.15) is 0 Å². The summed E-state index contributed by atoms with van der Waals surface area (Å²) in [6.45, 7) is 2.89. The van der Waals surface area contributed by atoms with Crippen LogP contribution in [-0.4, -0.2) is 25.8 Å². The normalized spacial score (nSPS) is 19.3. The average Bonchev–Trinajstić information content (AvgIpc) is 3.18. The fourth-order valence-electron chi connectivity index (χ4n) is 3.90. The van der Waals surface area contributed by atoms with Gasteiger partial charge in [-0.05, 0) is 60.3 Å². The molecule has 1 saturated heterocycles. The van der Waals surface area contributed by atoms with E-state index in [1.807, 2.05) is 18.3 Å². The summed E-state index contributed by atoms with van der Waals surface area (Å²) in [6, 6.07) is 17.5. The van der Waals surface area contributed by atoms with Crippen molar-refractivity contribution in [3.8, 4) is 0 Å². The minimum absolute atomic E-state index is 0.0759. The van der Waals surface area contributed by atoms with Gasteiger partial charge < -0.3 is 5.32 Å². The predicted octanol–water partition coefficient (Wildman–Crippen LogP) is 4.48. The van der Waals surface area contributed by atoms with E-state index in [-0.39, 0.29) is 5.41 Å². The van der Waals surface area contributed by atoms with E-state index in [1.165, 1.54) is 22.3 Å². The number of halogens is 1. The van der Waals surface area contributed by atoms with Crippen LogP contribution >= 0.6 is 11.6 Å². The number of rotatable bonds is 3. The van der Waals surface area contributed by atoms with Crippen molar-refractivity contribution in [1.29, 1.82) is 0 Å². The molecule has 0 aliphatic carbocycles. The molecule has 0 amide bonds. The van der Waals surface area contributed by atoms with Crippen molar-refractivity contribution < 1.29 is 0 Å². The van der Waals surface area contributed by atoms with Crippen LogP contribution < -0.4 is 5.32 Å². The van der Waals surface area contributed by atoms with E-state index < -0.39 is 0 Å². The second-order valence-corrected chi connectivity index (χ2v) is 7.01. The molecular weight excluding hydrogens is 316 g/mol. The van der Waals surface area contributed by atoms with Crippen molar-refractivity contribution >= 4 is 23.4 Å². The quantitative estimate of drug-likeness (QED) is 0.878. The highest BCUT2D eigenvalue weighted by molar-refractivity contribution is 6.30. The zero-order valence-electron chi connectivity index (χ0n) is 13.6. The summed E-state index contributed by atoms with van der Waals surface area (Å²) in [5.74, 6) is 0. The molecule has 2 heterocycles. The van der Waals surface area contributed by atoms with Crippen LogP contribution in [0.4, 0.5) is 0 Å². The van der Waals surface area contributed by atoms with Crippen LogP contribution in [-0.2, 0) is 5.41 Å². The lowest BCUT2D eigenvalue weighted by molar-refractivity contribution is 0.362. The number of piperidine rings is 1. The van der Waals surface area contributed by atoms with Crippen LogP contribution in [0.2, 0.25) is 5.02 Å². The van der Waals surface area contributed by atoms with E-state index in [0.717, 1.165) is 37.5 Å². The molecule has 0 aromatic heterocycles. The maximum atomic E-state index is 6.10. The second-order valence-electron chi connectivity index (χ2n) is 6.57. The summed E-state index contributed by atoms with van der Waals surface area (Å²) in [5.41, 5.74) is 5.31. The smallest absolute Gasteiger partial charge is 0.0580 e. The highest BCUT2D eigenvalue weighted by atomic mass is 35.5. The lowest BCUT2D eigenvalue weighted by Crippen LogP contribution is -2.40. The molecule has 2 nitrogen and oxygen atoms in total. The van der Waals surface area contributed by atoms with E-state index in [0.29, 0.717) is 0 Å². The molecule has 0 bridgehead atoms. The van der Waals surface area contributed by atoms with Gasteiger partial charge in [-0.15, -0.1) is 0 Å². The molecule has 2 aromatic carbocycles. The predicted molar refractivity (Wildman–Crippen MR) is 102 cm³/mol. The molecule has 0 unspecified atom stereocenters. The monoisotopic (exact) mass is 336 g/mol. The Morgan fingerprint density at radius 3 is 2.08 bits per heavy atom. The van der Waals surface area contributed by atoms with Crippen molar-refractivity contribution in [3.05, 3.63) is 76.3 Å². The molecule has 3 heteroatoms. The van der Waals surface area contributed by atoms with Crippen molar-refractivity contribution in [2.45, 2.75) is 18.3 Å². The lowest BCUT2D eigenvalue weighted by Gasteiger charge is -2.39. The average molecular weight is 337 g/mol. The molecule has 0 saturated carbocycles. The number of hydrogen-bond acceptors (Lipinski definition) is 2. The first-order valence-electron chi connectivity index (χ1n) is 8.56. The highest BCUT2D eigenvalue weighted by Gasteiger charge is 2.35. The third-order valence-electron chi connectivity index (χ3n) is 5.27. The fourth-order valence-corrected chi connectivity index (χ4v) is 4.02. The zero-order valence-corrected chi connectivity index (χ0v) is 14.4. The molecule has 1 N–H and O–H groups in total. The summed E-state index contributed by atoms with van der Waals surface area (Å²) in [6.07, 6.45) is 6.36. The van der Waals surface area contributed by atoms with Crippen LogP contribution in [0, 0.1) is 0 Å². The summed E-state index contributed by atoms with van der Waals surface area (Å²) >= 11 is 6.10.